The molecule has 0 radical (unpaired) electrons. The second-order valence-corrected chi connectivity index (χ2v) is 5.49. The average molecular weight is 265 g/mol. The van der Waals surface area contributed by atoms with Gasteiger partial charge in [-0.15, -0.1) is 0 Å². The average Bonchev–Trinajstić information content (AvgIpc) is 3.21. The van der Waals surface area contributed by atoms with Gasteiger partial charge in [0, 0.05) is 18.0 Å². The molecule has 5 N–H and O–H groups in total. The number of hydrogen-bond donors (Lipinski definition) is 4. The SMILES string of the molecule is Cc1c(NN)nc(C(C)C)nc1NCC(O)C1CC1. The second-order valence-electron chi connectivity index (χ2n) is 5.49. The molecule has 1 aromatic heterocycles. The Bertz CT molecular complexity index is 445. The first-order valence-corrected chi connectivity index (χ1v) is 6.80. The Morgan fingerprint density at radius 1 is 1.32 bits per heavy atom. The maximum Gasteiger partial charge on any atom is 0.148 e. The van der Waals surface area contributed by atoms with Gasteiger partial charge < -0.3 is 15.8 Å². The fourth-order valence-corrected chi connectivity index (χ4v) is 1.95. The quantitative estimate of drug-likeness (QED) is 0.458. The number of aliphatic hydroxyl groups excluding tert-OH is 1. The monoisotopic (exact) mass is 265 g/mol. The van der Waals surface area contributed by atoms with E-state index in [0.717, 1.165) is 30.0 Å². The second kappa shape index (κ2) is 5.71. The summed E-state index contributed by atoms with van der Waals surface area (Å²) in [5, 5.41) is 13.1. The van der Waals surface area contributed by atoms with E-state index in [0.29, 0.717) is 18.3 Å². The molecule has 0 spiro atoms. The summed E-state index contributed by atoms with van der Waals surface area (Å²) in [6.45, 7) is 6.50. The number of nitrogens with zero attached hydrogens (tertiary/aromatic N) is 2. The van der Waals surface area contributed by atoms with Crippen LogP contribution in [-0.4, -0.2) is 27.7 Å². The van der Waals surface area contributed by atoms with Crippen molar-refractivity contribution < 1.29 is 5.11 Å². The fraction of sp³-hybridized carbons (Fsp3) is 0.692. The smallest absolute Gasteiger partial charge is 0.148 e. The number of hydrazine groups is 1. The Morgan fingerprint density at radius 3 is 2.47 bits per heavy atom. The van der Waals surface area contributed by atoms with Gasteiger partial charge in [-0.3, -0.25) is 0 Å². The normalized spacial score (nSPS) is 16.5. The maximum absolute atomic E-state index is 9.90. The summed E-state index contributed by atoms with van der Waals surface area (Å²) in [6.07, 6.45) is 1.95. The summed E-state index contributed by atoms with van der Waals surface area (Å²) < 4.78 is 0. The minimum absolute atomic E-state index is 0.224. The van der Waals surface area contributed by atoms with E-state index in [4.69, 9.17) is 5.84 Å². The molecule has 1 aliphatic rings. The lowest BCUT2D eigenvalue weighted by Crippen LogP contribution is -2.23. The van der Waals surface area contributed by atoms with Gasteiger partial charge in [0.25, 0.3) is 0 Å². The summed E-state index contributed by atoms with van der Waals surface area (Å²) in [7, 11) is 0. The summed E-state index contributed by atoms with van der Waals surface area (Å²) >= 11 is 0. The Hall–Kier alpha value is -1.40. The predicted octanol–water partition coefficient (Wildman–Crippen LogP) is 1.38. The third-order valence-corrected chi connectivity index (χ3v) is 3.46. The van der Waals surface area contributed by atoms with E-state index in [1.54, 1.807) is 0 Å². The lowest BCUT2D eigenvalue weighted by molar-refractivity contribution is 0.164. The van der Waals surface area contributed by atoms with Crippen molar-refractivity contribution in [2.75, 3.05) is 17.3 Å². The molecule has 0 aliphatic heterocycles. The molecule has 1 heterocycles. The van der Waals surface area contributed by atoms with E-state index in [-0.39, 0.29) is 12.0 Å². The minimum Gasteiger partial charge on any atom is -0.391 e. The van der Waals surface area contributed by atoms with Crippen molar-refractivity contribution in [3.05, 3.63) is 11.4 Å². The molecule has 1 aromatic rings. The van der Waals surface area contributed by atoms with Crippen molar-refractivity contribution in [3.8, 4) is 0 Å². The molecular formula is C13H23N5O. The van der Waals surface area contributed by atoms with Gasteiger partial charge in [0.05, 0.1) is 6.10 Å². The molecule has 0 aromatic carbocycles. The molecule has 0 bridgehead atoms. The van der Waals surface area contributed by atoms with Crippen LogP contribution in [0.3, 0.4) is 0 Å². The Kier molecular flexibility index (Phi) is 4.21. The molecule has 6 heteroatoms. The third kappa shape index (κ3) is 3.33. The molecule has 0 amide bonds. The van der Waals surface area contributed by atoms with Gasteiger partial charge >= 0.3 is 0 Å². The van der Waals surface area contributed by atoms with Gasteiger partial charge in [-0.25, -0.2) is 15.8 Å². The first-order valence-electron chi connectivity index (χ1n) is 6.80. The van der Waals surface area contributed by atoms with Gasteiger partial charge in [-0.05, 0) is 25.7 Å². The number of nitrogens with one attached hydrogen (secondary N) is 2. The molecule has 1 fully saturated rings. The summed E-state index contributed by atoms with van der Waals surface area (Å²) in [5.74, 6) is 8.27. The van der Waals surface area contributed by atoms with Crippen LogP contribution in [0.25, 0.3) is 0 Å². The maximum atomic E-state index is 9.90. The molecular weight excluding hydrogens is 242 g/mol. The molecule has 0 saturated heterocycles. The highest BCUT2D eigenvalue weighted by Crippen LogP contribution is 2.32. The number of anilines is 2. The lowest BCUT2D eigenvalue weighted by atomic mass is 10.2. The first kappa shape index (κ1) is 14.0. The highest BCUT2D eigenvalue weighted by atomic mass is 16.3. The fourth-order valence-electron chi connectivity index (χ4n) is 1.95. The minimum atomic E-state index is -0.300. The van der Waals surface area contributed by atoms with E-state index in [1.807, 2.05) is 20.8 Å². The zero-order valence-corrected chi connectivity index (χ0v) is 11.8. The van der Waals surface area contributed by atoms with Gasteiger partial charge in [-0.2, -0.15) is 0 Å². The van der Waals surface area contributed by atoms with Crippen LogP contribution in [0.1, 0.15) is 44.0 Å². The highest BCUT2D eigenvalue weighted by Gasteiger charge is 2.29. The highest BCUT2D eigenvalue weighted by molar-refractivity contribution is 5.56. The number of hydrogen-bond acceptors (Lipinski definition) is 6. The van der Waals surface area contributed by atoms with Crippen LogP contribution in [0.5, 0.6) is 0 Å². The molecule has 1 unspecified atom stereocenters. The van der Waals surface area contributed by atoms with Crippen molar-refractivity contribution in [3.63, 3.8) is 0 Å². The largest absolute Gasteiger partial charge is 0.391 e. The zero-order chi connectivity index (χ0) is 14.0. The molecule has 106 valence electrons. The van der Waals surface area contributed by atoms with Gasteiger partial charge in [0.1, 0.15) is 17.5 Å². The topological polar surface area (TPSA) is 96.1 Å². The standard InChI is InChI=1S/C13H23N5O/c1-7(2)11-16-12(8(3)13(17-11)18-14)15-6-10(19)9-4-5-9/h7,9-10,19H,4-6,14H2,1-3H3,(H2,15,16,17,18). The molecule has 19 heavy (non-hydrogen) atoms. The van der Waals surface area contributed by atoms with Crippen LogP contribution in [0, 0.1) is 12.8 Å². The number of aromatic nitrogens is 2. The third-order valence-electron chi connectivity index (χ3n) is 3.46. The van der Waals surface area contributed by atoms with Gasteiger partial charge in [-0.1, -0.05) is 13.8 Å². The van der Waals surface area contributed by atoms with Gasteiger partial charge in [0.15, 0.2) is 0 Å². The Balaban J connectivity index is 2.14. The molecule has 6 nitrogen and oxygen atoms in total. The van der Waals surface area contributed by atoms with E-state index in [2.05, 4.69) is 20.7 Å². The molecule has 1 aliphatic carbocycles. The zero-order valence-electron chi connectivity index (χ0n) is 11.8. The summed E-state index contributed by atoms with van der Waals surface area (Å²) in [4.78, 5) is 8.88. The summed E-state index contributed by atoms with van der Waals surface area (Å²) in [5.41, 5.74) is 3.47. The number of aliphatic hydroxyl groups is 1. The van der Waals surface area contributed by atoms with Gasteiger partial charge in [0.2, 0.25) is 0 Å². The van der Waals surface area contributed by atoms with E-state index < -0.39 is 0 Å². The van der Waals surface area contributed by atoms with Crippen LogP contribution in [0.4, 0.5) is 11.6 Å². The first-order chi connectivity index (χ1) is 9.02. The van der Waals surface area contributed by atoms with Crippen molar-refractivity contribution in [2.24, 2.45) is 11.8 Å². The number of rotatable bonds is 6. The number of nitrogens with two attached hydrogens (primary N) is 1. The van der Waals surface area contributed by atoms with E-state index in [9.17, 15) is 5.11 Å². The van der Waals surface area contributed by atoms with Crippen molar-refractivity contribution in [2.45, 2.75) is 45.6 Å². The van der Waals surface area contributed by atoms with E-state index >= 15 is 0 Å². The summed E-state index contributed by atoms with van der Waals surface area (Å²) in [6, 6.07) is 0. The molecule has 1 atom stereocenters. The number of nitrogen functional groups attached to an aromatic ring is 1. The predicted molar refractivity (Wildman–Crippen MR) is 75.9 cm³/mol. The Labute approximate surface area is 113 Å². The van der Waals surface area contributed by atoms with Crippen molar-refractivity contribution in [1.82, 2.24) is 9.97 Å². The van der Waals surface area contributed by atoms with Crippen LogP contribution < -0.4 is 16.6 Å². The Morgan fingerprint density at radius 2 is 1.95 bits per heavy atom. The lowest BCUT2D eigenvalue weighted by Gasteiger charge is -2.16. The molecule has 1 saturated carbocycles. The van der Waals surface area contributed by atoms with Crippen LogP contribution in [0.15, 0.2) is 0 Å². The van der Waals surface area contributed by atoms with Crippen molar-refractivity contribution >= 4 is 11.6 Å². The van der Waals surface area contributed by atoms with Crippen LogP contribution in [0.2, 0.25) is 0 Å². The molecule has 2 rings (SSSR count). The van der Waals surface area contributed by atoms with E-state index in [1.165, 1.54) is 0 Å². The van der Waals surface area contributed by atoms with Crippen LogP contribution >= 0.6 is 0 Å². The van der Waals surface area contributed by atoms with Crippen LogP contribution in [-0.2, 0) is 0 Å². The van der Waals surface area contributed by atoms with Crippen molar-refractivity contribution in [1.29, 1.82) is 0 Å².